The number of hydrogen-bond donors (Lipinski definition) is 1. The van der Waals surface area contributed by atoms with Gasteiger partial charge in [-0.25, -0.2) is 4.39 Å². The number of carbonyl (C=O) groups is 1. The molecule has 2 heterocycles. The minimum absolute atomic E-state index is 0.120. The van der Waals surface area contributed by atoms with Gasteiger partial charge in [-0.2, -0.15) is 0 Å². The molecule has 0 saturated carbocycles. The fraction of sp³-hybridized carbons (Fsp3) is 0.400. The van der Waals surface area contributed by atoms with E-state index in [1.54, 1.807) is 32.2 Å². The highest BCUT2D eigenvalue weighted by Crippen LogP contribution is 2.34. The Bertz CT molecular complexity index is 950. The molecule has 3 atom stereocenters. The number of aliphatic hydroxyl groups excluding tert-OH is 1. The maximum Gasteiger partial charge on any atom is 0.274 e. The van der Waals surface area contributed by atoms with Crippen molar-refractivity contribution in [1.82, 2.24) is 4.57 Å². The van der Waals surface area contributed by atoms with E-state index in [0.717, 1.165) is 0 Å². The molecule has 1 saturated heterocycles. The number of aromatic nitrogens is 1. The summed E-state index contributed by atoms with van der Waals surface area (Å²) < 4.78 is 21.1. The Labute approximate surface area is 165 Å². The third kappa shape index (κ3) is 3.82. The summed E-state index contributed by atoms with van der Waals surface area (Å²) in [5.41, 5.74) is 1.06. The maximum atomic E-state index is 14.7. The number of methoxy groups -OCH3 is 1. The summed E-state index contributed by atoms with van der Waals surface area (Å²) >= 11 is 0. The van der Waals surface area contributed by atoms with E-state index in [2.05, 4.69) is 9.24 Å². The molecule has 150 valence electrons. The summed E-state index contributed by atoms with van der Waals surface area (Å²) in [4.78, 5) is 27.0. The van der Waals surface area contributed by atoms with Gasteiger partial charge in [-0.1, -0.05) is 0 Å². The van der Waals surface area contributed by atoms with E-state index in [9.17, 15) is 19.1 Å². The van der Waals surface area contributed by atoms with Crippen LogP contribution in [0, 0.1) is 12.7 Å². The number of ether oxygens (including phenoxy) is 1. The maximum absolute atomic E-state index is 14.7. The van der Waals surface area contributed by atoms with E-state index < -0.39 is 11.9 Å². The van der Waals surface area contributed by atoms with Crippen LogP contribution < -0.4 is 20.5 Å². The predicted molar refractivity (Wildman–Crippen MR) is 109 cm³/mol. The van der Waals surface area contributed by atoms with Crippen LogP contribution in [0.4, 0.5) is 10.1 Å². The van der Waals surface area contributed by atoms with Crippen molar-refractivity contribution in [2.24, 2.45) is 0 Å². The zero-order chi connectivity index (χ0) is 20.6. The monoisotopic (exact) mass is 406 g/mol. The van der Waals surface area contributed by atoms with Crippen molar-refractivity contribution in [3.05, 3.63) is 51.7 Å². The topological polar surface area (TPSA) is 71.8 Å². The van der Waals surface area contributed by atoms with Crippen LogP contribution >= 0.6 is 9.24 Å². The van der Waals surface area contributed by atoms with Gasteiger partial charge in [0.05, 0.1) is 19.8 Å². The lowest BCUT2D eigenvalue weighted by atomic mass is 9.97. The van der Waals surface area contributed by atoms with Crippen LogP contribution in [0.1, 0.15) is 30.4 Å². The van der Waals surface area contributed by atoms with Crippen LogP contribution in [0.15, 0.2) is 29.2 Å². The first-order chi connectivity index (χ1) is 13.2. The lowest BCUT2D eigenvalue weighted by molar-refractivity contribution is -0.117. The minimum atomic E-state index is -0.691. The number of halogens is 1. The molecular weight excluding hydrogens is 382 g/mol. The summed E-state index contributed by atoms with van der Waals surface area (Å²) in [5.74, 6) is -0.609. The molecule has 28 heavy (non-hydrogen) atoms. The molecule has 1 N–H and O–H groups in total. The van der Waals surface area contributed by atoms with Gasteiger partial charge in [0.15, 0.2) is 0 Å². The van der Waals surface area contributed by atoms with Crippen molar-refractivity contribution in [1.29, 1.82) is 0 Å². The SMILES string of the molecule is COc1cc(F)c([C@H]2CC(=O)N(c3c(C)ccn(CC(C)O)c3=O)C2)c(P)c1. The van der Waals surface area contributed by atoms with Crippen molar-refractivity contribution >= 4 is 26.1 Å². The Balaban J connectivity index is 1.98. The molecule has 1 amide bonds. The number of anilines is 1. The number of rotatable bonds is 5. The smallest absolute Gasteiger partial charge is 0.274 e. The average Bonchev–Trinajstić information content (AvgIpc) is 2.97. The van der Waals surface area contributed by atoms with Crippen molar-refractivity contribution in [2.75, 3.05) is 18.6 Å². The molecule has 2 aromatic rings. The Kier molecular flexibility index (Phi) is 5.87. The zero-order valence-electron chi connectivity index (χ0n) is 16.1. The predicted octanol–water partition coefficient (Wildman–Crippen LogP) is 1.71. The van der Waals surface area contributed by atoms with E-state index >= 15 is 0 Å². The zero-order valence-corrected chi connectivity index (χ0v) is 17.3. The fourth-order valence-electron chi connectivity index (χ4n) is 3.69. The summed E-state index contributed by atoms with van der Waals surface area (Å²) in [6.45, 7) is 3.72. The Morgan fingerprint density at radius 1 is 1.39 bits per heavy atom. The average molecular weight is 406 g/mol. The second-order valence-corrected chi connectivity index (χ2v) is 7.79. The van der Waals surface area contributed by atoms with Gasteiger partial charge in [-0.15, -0.1) is 9.24 Å². The first kappa shape index (κ1) is 20.5. The Hall–Kier alpha value is -2.24. The van der Waals surface area contributed by atoms with Crippen LogP contribution in [0.5, 0.6) is 5.75 Å². The number of hydrogen-bond acceptors (Lipinski definition) is 4. The van der Waals surface area contributed by atoms with E-state index in [0.29, 0.717) is 22.2 Å². The van der Waals surface area contributed by atoms with Crippen molar-refractivity contribution in [3.8, 4) is 5.75 Å². The van der Waals surface area contributed by atoms with Crippen molar-refractivity contribution in [3.63, 3.8) is 0 Å². The van der Waals surface area contributed by atoms with Gasteiger partial charge in [0.25, 0.3) is 5.56 Å². The minimum Gasteiger partial charge on any atom is -0.497 e. The van der Waals surface area contributed by atoms with E-state index in [1.165, 1.54) is 22.6 Å². The molecule has 1 aliphatic heterocycles. The second kappa shape index (κ2) is 8.02. The highest BCUT2D eigenvalue weighted by molar-refractivity contribution is 7.27. The first-order valence-corrected chi connectivity index (χ1v) is 9.62. The Morgan fingerprint density at radius 3 is 2.71 bits per heavy atom. The van der Waals surface area contributed by atoms with Crippen LogP contribution in [0.3, 0.4) is 0 Å². The quantitative estimate of drug-likeness (QED) is 0.768. The van der Waals surface area contributed by atoms with Crippen LogP contribution in [0.2, 0.25) is 0 Å². The second-order valence-electron chi connectivity index (χ2n) is 7.17. The van der Waals surface area contributed by atoms with Crippen LogP contribution in [-0.4, -0.2) is 35.3 Å². The highest BCUT2D eigenvalue weighted by Gasteiger charge is 2.36. The van der Waals surface area contributed by atoms with Gasteiger partial charge >= 0.3 is 0 Å². The molecule has 1 fully saturated rings. The lowest BCUT2D eigenvalue weighted by Gasteiger charge is -2.21. The van der Waals surface area contributed by atoms with Crippen molar-refractivity contribution < 1.29 is 19.0 Å². The summed E-state index contributed by atoms with van der Waals surface area (Å²) in [5, 5.41) is 10.2. The molecule has 0 spiro atoms. The van der Waals surface area contributed by atoms with Gasteiger partial charge < -0.3 is 19.3 Å². The van der Waals surface area contributed by atoms with Gasteiger partial charge in [0, 0.05) is 36.7 Å². The van der Waals surface area contributed by atoms with E-state index in [1.807, 2.05) is 0 Å². The largest absolute Gasteiger partial charge is 0.497 e. The number of aliphatic hydroxyl groups is 1. The number of nitrogens with zero attached hydrogens (tertiary/aromatic N) is 2. The number of aryl methyl sites for hydroxylation is 1. The molecule has 0 radical (unpaired) electrons. The Morgan fingerprint density at radius 2 is 2.11 bits per heavy atom. The number of pyridine rings is 1. The van der Waals surface area contributed by atoms with E-state index in [-0.39, 0.29) is 42.6 Å². The molecule has 1 aromatic heterocycles. The van der Waals surface area contributed by atoms with Gasteiger partial charge in [0.1, 0.15) is 17.3 Å². The van der Waals surface area contributed by atoms with Crippen LogP contribution in [0.25, 0.3) is 0 Å². The molecule has 0 aliphatic carbocycles. The number of amides is 1. The normalized spacial score (nSPS) is 17.9. The fourth-order valence-corrected chi connectivity index (χ4v) is 4.23. The molecule has 3 rings (SSSR count). The molecule has 2 unspecified atom stereocenters. The number of carbonyl (C=O) groups excluding carboxylic acids is 1. The lowest BCUT2D eigenvalue weighted by Crippen LogP contribution is -2.35. The van der Waals surface area contributed by atoms with Gasteiger partial charge in [0.2, 0.25) is 5.91 Å². The molecule has 0 bridgehead atoms. The third-order valence-corrected chi connectivity index (χ3v) is 5.45. The third-order valence-electron chi connectivity index (χ3n) is 4.98. The first-order valence-electron chi connectivity index (χ1n) is 9.04. The molecular formula is C20H24FN2O4P. The van der Waals surface area contributed by atoms with Crippen molar-refractivity contribution in [2.45, 2.75) is 38.8 Å². The molecule has 8 heteroatoms. The van der Waals surface area contributed by atoms with Crippen LogP contribution in [-0.2, 0) is 11.3 Å². The summed E-state index contributed by atoms with van der Waals surface area (Å²) in [6.07, 6.45) is 1.04. The van der Waals surface area contributed by atoms with E-state index in [4.69, 9.17) is 4.74 Å². The standard InChI is InChI=1S/C20H24FN2O4P/c1-11-4-5-22(9-12(2)24)20(26)19(11)23-10-13(6-17(23)25)18-15(21)7-14(27-3)8-16(18)28/h4-5,7-8,12-13,24H,6,9-10,28H2,1-3H3/t12?,13-/m0/s1. The van der Waals surface area contributed by atoms with Gasteiger partial charge in [-0.05, 0) is 36.8 Å². The van der Waals surface area contributed by atoms with Gasteiger partial charge in [-0.3, -0.25) is 9.59 Å². The molecule has 1 aromatic carbocycles. The highest BCUT2D eigenvalue weighted by atomic mass is 31.0. The number of benzene rings is 1. The summed E-state index contributed by atoms with van der Waals surface area (Å²) in [6, 6.07) is 4.76. The molecule has 1 aliphatic rings. The molecule has 6 nitrogen and oxygen atoms in total. The summed E-state index contributed by atoms with van der Waals surface area (Å²) in [7, 11) is 3.96.